The van der Waals surface area contributed by atoms with E-state index in [1.54, 1.807) is 12.1 Å². The first-order valence-electron chi connectivity index (χ1n) is 9.65. The van der Waals surface area contributed by atoms with Crippen molar-refractivity contribution < 1.29 is 14.3 Å². The fraction of sp³-hybridized carbons (Fsp3) is 0.524. The Kier molecular flexibility index (Phi) is 6.50. The van der Waals surface area contributed by atoms with Crippen LogP contribution in [0.2, 0.25) is 0 Å². The molecule has 1 saturated heterocycles. The molecule has 2 aromatic rings. The summed E-state index contributed by atoms with van der Waals surface area (Å²) in [7, 11) is 0. The van der Waals surface area contributed by atoms with E-state index >= 15 is 0 Å². The summed E-state index contributed by atoms with van der Waals surface area (Å²) in [6.45, 7) is 8.93. The molecule has 1 N–H and O–H groups in total. The van der Waals surface area contributed by atoms with Gasteiger partial charge >= 0.3 is 0 Å². The van der Waals surface area contributed by atoms with E-state index in [2.05, 4.69) is 23.4 Å². The highest BCUT2D eigenvalue weighted by Gasteiger charge is 2.16. The monoisotopic (exact) mass is 371 g/mol. The second-order valence-electron chi connectivity index (χ2n) is 7.39. The van der Waals surface area contributed by atoms with E-state index in [0.717, 1.165) is 43.1 Å². The zero-order chi connectivity index (χ0) is 19.2. The number of nitrogens with zero attached hydrogens (tertiary/aromatic N) is 2. The maximum absolute atomic E-state index is 12.4. The molecule has 1 aromatic carbocycles. The molecule has 1 aliphatic heterocycles. The number of rotatable bonds is 8. The molecular formula is C21H29N3O3. The average Bonchev–Trinajstić information content (AvgIpc) is 3.28. The largest absolute Gasteiger partial charge is 0.491 e. The van der Waals surface area contributed by atoms with Gasteiger partial charge in [0.1, 0.15) is 12.4 Å². The van der Waals surface area contributed by atoms with Gasteiger partial charge in [0.15, 0.2) is 0 Å². The lowest BCUT2D eigenvalue weighted by atomic mass is 10.1. The zero-order valence-corrected chi connectivity index (χ0v) is 16.4. The predicted octanol–water partition coefficient (Wildman–Crippen LogP) is 3.12. The molecule has 3 rings (SSSR count). The number of ether oxygens (including phenoxy) is 2. The molecule has 27 heavy (non-hydrogen) atoms. The summed E-state index contributed by atoms with van der Waals surface area (Å²) in [5.74, 6) is 0.988. The minimum Gasteiger partial charge on any atom is -0.491 e. The van der Waals surface area contributed by atoms with Crippen molar-refractivity contribution in [3.63, 3.8) is 0 Å². The average molecular weight is 371 g/mol. The van der Waals surface area contributed by atoms with E-state index in [0.29, 0.717) is 24.6 Å². The van der Waals surface area contributed by atoms with Crippen LogP contribution < -0.4 is 10.1 Å². The number of aromatic nitrogens is 2. The summed E-state index contributed by atoms with van der Waals surface area (Å²) in [4.78, 5) is 12.4. The number of carbonyl (C=O) groups is 1. The highest BCUT2D eigenvalue weighted by atomic mass is 16.5. The lowest BCUT2D eigenvalue weighted by molar-refractivity contribution is 0.0679. The first-order valence-corrected chi connectivity index (χ1v) is 9.65. The Bertz CT molecular complexity index is 749. The van der Waals surface area contributed by atoms with Gasteiger partial charge in [0, 0.05) is 31.0 Å². The van der Waals surface area contributed by atoms with Gasteiger partial charge in [-0.15, -0.1) is 0 Å². The van der Waals surface area contributed by atoms with E-state index < -0.39 is 0 Å². The topological polar surface area (TPSA) is 65.4 Å². The van der Waals surface area contributed by atoms with Crippen molar-refractivity contribution in [2.45, 2.75) is 46.3 Å². The van der Waals surface area contributed by atoms with E-state index in [-0.39, 0.29) is 12.0 Å². The van der Waals surface area contributed by atoms with Gasteiger partial charge in [0.05, 0.1) is 11.8 Å². The smallest absolute Gasteiger partial charge is 0.251 e. The van der Waals surface area contributed by atoms with Crippen molar-refractivity contribution >= 4 is 5.91 Å². The van der Waals surface area contributed by atoms with Gasteiger partial charge in [-0.05, 0) is 62.9 Å². The maximum atomic E-state index is 12.4. The number of amides is 1. The van der Waals surface area contributed by atoms with Crippen molar-refractivity contribution in [1.82, 2.24) is 15.1 Å². The molecule has 0 radical (unpaired) electrons. The van der Waals surface area contributed by atoms with Crippen LogP contribution in [0.3, 0.4) is 0 Å². The third-order valence-corrected chi connectivity index (χ3v) is 4.78. The van der Waals surface area contributed by atoms with Crippen LogP contribution in [0.4, 0.5) is 0 Å². The molecule has 1 aromatic heterocycles. The lowest BCUT2D eigenvalue weighted by Crippen LogP contribution is -2.30. The van der Waals surface area contributed by atoms with Gasteiger partial charge in [-0.1, -0.05) is 6.92 Å². The number of hydrogen-bond acceptors (Lipinski definition) is 4. The quantitative estimate of drug-likeness (QED) is 0.774. The Labute approximate surface area is 160 Å². The molecule has 2 atom stereocenters. The molecule has 1 amide bonds. The number of benzene rings is 1. The maximum Gasteiger partial charge on any atom is 0.251 e. The first-order chi connectivity index (χ1) is 13.0. The lowest BCUT2D eigenvalue weighted by Gasteiger charge is -2.14. The van der Waals surface area contributed by atoms with Gasteiger partial charge in [-0.2, -0.15) is 5.10 Å². The predicted molar refractivity (Wildman–Crippen MR) is 104 cm³/mol. The Morgan fingerprint density at radius 3 is 2.78 bits per heavy atom. The van der Waals surface area contributed by atoms with Gasteiger partial charge in [0.2, 0.25) is 0 Å². The molecule has 146 valence electrons. The molecule has 6 heteroatoms. The minimum atomic E-state index is -0.0686. The normalized spacial score (nSPS) is 17.7. The molecule has 6 nitrogen and oxygen atoms in total. The molecule has 2 unspecified atom stereocenters. The molecule has 0 bridgehead atoms. The minimum absolute atomic E-state index is 0.0686. The van der Waals surface area contributed by atoms with Gasteiger partial charge in [-0.25, -0.2) is 0 Å². The molecule has 1 aliphatic rings. The van der Waals surface area contributed by atoms with Crippen molar-refractivity contribution in [2.24, 2.45) is 5.92 Å². The number of carbonyl (C=O) groups excluding carboxylic acids is 1. The molecular weight excluding hydrogens is 342 g/mol. The van der Waals surface area contributed by atoms with E-state index in [9.17, 15) is 4.79 Å². The van der Waals surface area contributed by atoms with Crippen LogP contribution in [0.1, 0.15) is 41.5 Å². The van der Waals surface area contributed by atoms with Crippen LogP contribution in [0.15, 0.2) is 30.3 Å². The zero-order valence-electron chi connectivity index (χ0n) is 16.4. The van der Waals surface area contributed by atoms with Gasteiger partial charge < -0.3 is 14.8 Å². The van der Waals surface area contributed by atoms with Crippen LogP contribution in [-0.4, -0.2) is 41.6 Å². The SMILES string of the molecule is Cc1cc(C)n(CC(C)CNC(=O)c2ccc(OCC3CCCO3)cc2)n1. The van der Waals surface area contributed by atoms with Crippen LogP contribution in [0.5, 0.6) is 5.75 Å². The highest BCUT2D eigenvalue weighted by Crippen LogP contribution is 2.16. The second kappa shape index (κ2) is 9.04. The Morgan fingerprint density at radius 1 is 1.37 bits per heavy atom. The highest BCUT2D eigenvalue weighted by molar-refractivity contribution is 5.94. The number of hydrogen-bond donors (Lipinski definition) is 1. The van der Waals surface area contributed by atoms with E-state index in [4.69, 9.17) is 9.47 Å². The third-order valence-electron chi connectivity index (χ3n) is 4.78. The fourth-order valence-electron chi connectivity index (χ4n) is 3.26. The molecule has 1 fully saturated rings. The van der Waals surface area contributed by atoms with Crippen LogP contribution >= 0.6 is 0 Å². The fourth-order valence-corrected chi connectivity index (χ4v) is 3.26. The van der Waals surface area contributed by atoms with E-state index in [1.165, 1.54) is 0 Å². The van der Waals surface area contributed by atoms with Crippen LogP contribution in [0, 0.1) is 19.8 Å². The number of aryl methyl sites for hydroxylation is 2. The first kappa shape index (κ1) is 19.4. The van der Waals surface area contributed by atoms with Crippen molar-refractivity contribution in [2.75, 3.05) is 19.8 Å². The summed E-state index contributed by atoms with van der Waals surface area (Å²) in [6, 6.07) is 9.33. The van der Waals surface area contributed by atoms with Crippen molar-refractivity contribution in [1.29, 1.82) is 0 Å². The van der Waals surface area contributed by atoms with E-state index in [1.807, 2.05) is 30.7 Å². The van der Waals surface area contributed by atoms with Gasteiger partial charge in [0.25, 0.3) is 5.91 Å². The van der Waals surface area contributed by atoms with Gasteiger partial charge in [-0.3, -0.25) is 9.48 Å². The summed E-state index contributed by atoms with van der Waals surface area (Å²) < 4.78 is 13.3. The second-order valence-corrected chi connectivity index (χ2v) is 7.39. The van der Waals surface area contributed by atoms with Crippen molar-refractivity contribution in [3.8, 4) is 5.75 Å². The summed E-state index contributed by atoms with van der Waals surface area (Å²) >= 11 is 0. The third kappa shape index (κ3) is 5.57. The standard InChI is InChI=1S/C21H29N3O3/c1-15(13-24-17(3)11-16(2)23-24)12-22-21(25)18-6-8-19(9-7-18)27-14-20-5-4-10-26-20/h6-9,11,15,20H,4-5,10,12-14H2,1-3H3,(H,22,25). The molecule has 0 spiro atoms. The Balaban J connectivity index is 1.43. The van der Waals surface area contributed by atoms with Crippen LogP contribution in [0.25, 0.3) is 0 Å². The number of nitrogens with one attached hydrogen (secondary N) is 1. The summed E-state index contributed by atoms with van der Waals surface area (Å²) in [5.41, 5.74) is 2.80. The summed E-state index contributed by atoms with van der Waals surface area (Å²) in [5, 5.41) is 7.47. The van der Waals surface area contributed by atoms with Crippen LogP contribution in [-0.2, 0) is 11.3 Å². The molecule has 0 aliphatic carbocycles. The Hall–Kier alpha value is -2.34. The Morgan fingerprint density at radius 2 is 2.15 bits per heavy atom. The molecule has 2 heterocycles. The van der Waals surface area contributed by atoms with Crippen molar-refractivity contribution in [3.05, 3.63) is 47.3 Å². The molecule has 0 saturated carbocycles. The summed E-state index contributed by atoms with van der Waals surface area (Å²) in [6.07, 6.45) is 2.35.